The molecule has 0 aliphatic heterocycles. The van der Waals surface area contributed by atoms with Crippen molar-refractivity contribution in [3.63, 3.8) is 0 Å². The van der Waals surface area contributed by atoms with Gasteiger partial charge in [0.2, 0.25) is 5.76 Å². The molecule has 0 saturated heterocycles. The first-order valence-corrected chi connectivity index (χ1v) is 3.87. The summed E-state index contributed by atoms with van der Waals surface area (Å²) in [6, 6.07) is 1.30. The second kappa shape index (κ2) is 3.95. The van der Waals surface area contributed by atoms with E-state index in [0.29, 0.717) is 5.76 Å². The summed E-state index contributed by atoms with van der Waals surface area (Å²) in [6.45, 7) is 1.57. The number of ether oxygens (including phenoxy) is 2. The highest BCUT2D eigenvalue weighted by atomic mass is 16.5. The Morgan fingerprint density at radius 1 is 1.21 bits per heavy atom. The molecule has 5 heteroatoms. The molecule has 0 bridgehead atoms. The first kappa shape index (κ1) is 10.3. The van der Waals surface area contributed by atoms with Crippen LogP contribution in [0.4, 0.5) is 0 Å². The van der Waals surface area contributed by atoms with Crippen LogP contribution in [0.5, 0.6) is 0 Å². The molecule has 1 aromatic rings. The van der Waals surface area contributed by atoms with Crippen LogP contribution >= 0.6 is 0 Å². The van der Waals surface area contributed by atoms with Crippen LogP contribution in [0.1, 0.15) is 26.7 Å². The van der Waals surface area contributed by atoms with Crippen molar-refractivity contribution < 1.29 is 23.5 Å². The minimum Gasteiger partial charge on any atom is -0.465 e. The quantitative estimate of drug-likeness (QED) is 0.667. The largest absolute Gasteiger partial charge is 0.465 e. The Bertz CT molecular complexity index is 363. The fraction of sp³-hybridized carbons (Fsp3) is 0.333. The third kappa shape index (κ3) is 1.76. The van der Waals surface area contributed by atoms with Crippen molar-refractivity contribution in [2.45, 2.75) is 6.92 Å². The van der Waals surface area contributed by atoms with Crippen LogP contribution in [0.2, 0.25) is 0 Å². The van der Waals surface area contributed by atoms with Crippen molar-refractivity contribution in [3.8, 4) is 0 Å². The molecule has 14 heavy (non-hydrogen) atoms. The van der Waals surface area contributed by atoms with E-state index in [1.165, 1.54) is 20.3 Å². The predicted molar refractivity (Wildman–Crippen MR) is 46.1 cm³/mol. The van der Waals surface area contributed by atoms with Crippen LogP contribution in [0, 0.1) is 6.92 Å². The first-order chi connectivity index (χ1) is 6.60. The van der Waals surface area contributed by atoms with Crippen molar-refractivity contribution in [2.24, 2.45) is 0 Å². The molecule has 0 saturated carbocycles. The third-order valence-electron chi connectivity index (χ3n) is 1.71. The van der Waals surface area contributed by atoms with E-state index >= 15 is 0 Å². The van der Waals surface area contributed by atoms with E-state index in [-0.39, 0.29) is 11.3 Å². The highest BCUT2D eigenvalue weighted by molar-refractivity contribution is 5.94. The summed E-state index contributed by atoms with van der Waals surface area (Å²) in [5.74, 6) is -0.840. The molecule has 0 aliphatic rings. The molecule has 0 N–H and O–H groups in total. The lowest BCUT2D eigenvalue weighted by Gasteiger charge is -1.93. The number of furan rings is 1. The van der Waals surface area contributed by atoms with Crippen LogP contribution in [0.3, 0.4) is 0 Å². The average molecular weight is 198 g/mol. The molecule has 1 aromatic heterocycles. The monoisotopic (exact) mass is 198 g/mol. The Hall–Kier alpha value is -1.78. The molecule has 76 valence electrons. The average Bonchev–Trinajstić information content (AvgIpc) is 2.58. The summed E-state index contributed by atoms with van der Waals surface area (Å²) >= 11 is 0. The number of hydrogen-bond donors (Lipinski definition) is 0. The van der Waals surface area contributed by atoms with E-state index in [0.717, 1.165) is 0 Å². The van der Waals surface area contributed by atoms with Gasteiger partial charge in [-0.15, -0.1) is 0 Å². The van der Waals surface area contributed by atoms with Gasteiger partial charge in [-0.2, -0.15) is 0 Å². The topological polar surface area (TPSA) is 65.7 Å². The van der Waals surface area contributed by atoms with Crippen molar-refractivity contribution in [1.82, 2.24) is 0 Å². The first-order valence-electron chi connectivity index (χ1n) is 3.87. The second-order valence-electron chi connectivity index (χ2n) is 2.56. The van der Waals surface area contributed by atoms with Crippen LogP contribution in [0.25, 0.3) is 0 Å². The van der Waals surface area contributed by atoms with Crippen LogP contribution in [0.15, 0.2) is 10.5 Å². The van der Waals surface area contributed by atoms with E-state index in [4.69, 9.17) is 4.42 Å². The zero-order valence-corrected chi connectivity index (χ0v) is 8.12. The third-order valence-corrected chi connectivity index (χ3v) is 1.71. The molecule has 0 amide bonds. The smallest absolute Gasteiger partial charge is 0.373 e. The summed E-state index contributed by atoms with van der Waals surface area (Å²) in [7, 11) is 2.49. The summed E-state index contributed by atoms with van der Waals surface area (Å²) < 4.78 is 13.9. The van der Waals surface area contributed by atoms with Gasteiger partial charge in [-0.25, -0.2) is 9.59 Å². The number of rotatable bonds is 2. The van der Waals surface area contributed by atoms with Crippen molar-refractivity contribution in [2.75, 3.05) is 14.2 Å². The fourth-order valence-electron chi connectivity index (χ4n) is 0.996. The number of hydrogen-bond acceptors (Lipinski definition) is 5. The zero-order valence-electron chi connectivity index (χ0n) is 8.12. The van der Waals surface area contributed by atoms with E-state index in [9.17, 15) is 9.59 Å². The van der Waals surface area contributed by atoms with Gasteiger partial charge in [0.05, 0.1) is 14.2 Å². The molecule has 0 fully saturated rings. The second-order valence-corrected chi connectivity index (χ2v) is 2.56. The maximum absolute atomic E-state index is 11.1. The van der Waals surface area contributed by atoms with Crippen molar-refractivity contribution in [1.29, 1.82) is 0 Å². The summed E-state index contributed by atoms with van der Waals surface area (Å²) in [4.78, 5) is 22.1. The molecule has 0 aromatic carbocycles. The predicted octanol–water partition coefficient (Wildman–Crippen LogP) is 1.16. The van der Waals surface area contributed by atoms with E-state index in [1.54, 1.807) is 6.92 Å². The van der Waals surface area contributed by atoms with E-state index in [2.05, 4.69) is 9.47 Å². The Morgan fingerprint density at radius 2 is 1.79 bits per heavy atom. The fourth-order valence-corrected chi connectivity index (χ4v) is 0.996. The summed E-state index contributed by atoms with van der Waals surface area (Å²) in [5.41, 5.74) is 0.230. The van der Waals surface area contributed by atoms with Crippen molar-refractivity contribution in [3.05, 3.63) is 23.2 Å². The molecule has 1 rings (SSSR count). The van der Waals surface area contributed by atoms with Gasteiger partial charge in [0.25, 0.3) is 0 Å². The molecule has 0 spiro atoms. The maximum atomic E-state index is 11.1. The van der Waals surface area contributed by atoms with Gasteiger partial charge in [-0.1, -0.05) is 0 Å². The summed E-state index contributed by atoms with van der Waals surface area (Å²) in [5, 5.41) is 0. The molecular weight excluding hydrogens is 188 g/mol. The van der Waals surface area contributed by atoms with Crippen molar-refractivity contribution >= 4 is 11.9 Å². The van der Waals surface area contributed by atoms with Gasteiger partial charge < -0.3 is 13.9 Å². The molecule has 0 unspecified atom stereocenters. The van der Waals surface area contributed by atoms with Crippen LogP contribution in [-0.2, 0) is 9.47 Å². The Balaban J connectivity index is 3.05. The van der Waals surface area contributed by atoms with Gasteiger partial charge in [0.1, 0.15) is 11.3 Å². The minimum absolute atomic E-state index is 0.00889. The molecule has 0 aliphatic carbocycles. The lowest BCUT2D eigenvalue weighted by Crippen LogP contribution is -2.01. The normalized spacial score (nSPS) is 9.64. The number of methoxy groups -OCH3 is 2. The molecule has 0 atom stereocenters. The van der Waals surface area contributed by atoms with E-state index in [1.807, 2.05) is 0 Å². The molecule has 1 heterocycles. The number of carbonyl (C=O) groups is 2. The highest BCUT2D eigenvalue weighted by Gasteiger charge is 2.19. The van der Waals surface area contributed by atoms with Gasteiger partial charge >= 0.3 is 11.9 Å². The Labute approximate surface area is 80.6 Å². The van der Waals surface area contributed by atoms with Crippen LogP contribution in [-0.4, -0.2) is 26.2 Å². The standard InChI is InChI=1S/C9H10O5/c1-5-6(8(10)12-2)4-7(14-5)9(11)13-3/h4H,1-3H3. The maximum Gasteiger partial charge on any atom is 0.373 e. The zero-order chi connectivity index (χ0) is 10.7. The summed E-state index contributed by atoms with van der Waals surface area (Å²) in [6.07, 6.45) is 0. The van der Waals surface area contributed by atoms with Crippen LogP contribution < -0.4 is 0 Å². The van der Waals surface area contributed by atoms with Gasteiger partial charge in [0.15, 0.2) is 0 Å². The Kier molecular flexibility index (Phi) is 2.91. The molecule has 0 radical (unpaired) electrons. The lowest BCUT2D eigenvalue weighted by molar-refractivity contribution is 0.0561. The Morgan fingerprint density at radius 3 is 2.29 bits per heavy atom. The number of carbonyl (C=O) groups excluding carboxylic acids is 2. The van der Waals surface area contributed by atoms with E-state index < -0.39 is 11.9 Å². The lowest BCUT2D eigenvalue weighted by atomic mass is 10.2. The number of aryl methyl sites for hydroxylation is 1. The van der Waals surface area contributed by atoms with Gasteiger partial charge in [-0.05, 0) is 6.92 Å². The van der Waals surface area contributed by atoms with Gasteiger partial charge in [-0.3, -0.25) is 0 Å². The molecule has 5 nitrogen and oxygen atoms in total. The molecular formula is C9H10O5. The number of esters is 2. The minimum atomic E-state index is -0.622. The highest BCUT2D eigenvalue weighted by Crippen LogP contribution is 2.16. The van der Waals surface area contributed by atoms with Gasteiger partial charge in [0, 0.05) is 6.07 Å². The SMILES string of the molecule is COC(=O)c1cc(C(=O)OC)c(C)o1.